The first kappa shape index (κ1) is 12.4. The molecule has 0 bridgehead atoms. The second kappa shape index (κ2) is 4.48. The molecule has 2 heterocycles. The Balaban J connectivity index is 1.99. The highest BCUT2D eigenvalue weighted by molar-refractivity contribution is 5.85. The number of fused-ring (bicyclic) bond motifs is 1. The SMILES string of the molecule is FC(F)(F)Oc1ccc2cc(-c3c[nH]nn3)ncc2c1. The first-order valence-corrected chi connectivity index (χ1v) is 5.54. The highest BCUT2D eigenvalue weighted by Crippen LogP contribution is 2.27. The van der Waals surface area contributed by atoms with Crippen LogP contribution in [0.15, 0.2) is 36.7 Å². The van der Waals surface area contributed by atoms with Crippen molar-refractivity contribution >= 4 is 10.8 Å². The average molecular weight is 280 g/mol. The van der Waals surface area contributed by atoms with Gasteiger partial charge >= 0.3 is 6.36 Å². The Morgan fingerprint density at radius 3 is 2.60 bits per heavy atom. The number of nitrogens with one attached hydrogen (secondary N) is 1. The lowest BCUT2D eigenvalue weighted by Gasteiger charge is -2.09. The molecule has 5 nitrogen and oxygen atoms in total. The van der Waals surface area contributed by atoms with Crippen molar-refractivity contribution in [2.75, 3.05) is 0 Å². The van der Waals surface area contributed by atoms with Crippen LogP contribution < -0.4 is 4.74 Å². The quantitative estimate of drug-likeness (QED) is 0.784. The molecule has 8 heteroatoms. The molecule has 3 aromatic rings. The summed E-state index contributed by atoms with van der Waals surface area (Å²) in [5.41, 5.74) is 1.14. The van der Waals surface area contributed by atoms with Gasteiger partial charge in [0.2, 0.25) is 0 Å². The zero-order valence-corrected chi connectivity index (χ0v) is 9.85. The van der Waals surface area contributed by atoms with Crippen LogP contribution in [0.1, 0.15) is 0 Å². The van der Waals surface area contributed by atoms with E-state index in [4.69, 9.17) is 0 Å². The standard InChI is InChI=1S/C12H7F3N4O/c13-12(14,15)20-9-2-1-7-4-10(11-6-17-19-18-11)16-5-8(7)3-9/h1-6H,(H,17,18,19). The number of alkyl halides is 3. The average Bonchev–Trinajstić information content (AvgIpc) is 2.90. The Morgan fingerprint density at radius 2 is 1.90 bits per heavy atom. The number of hydrogen-bond donors (Lipinski definition) is 1. The lowest BCUT2D eigenvalue weighted by atomic mass is 10.1. The van der Waals surface area contributed by atoms with Crippen LogP contribution in [0.2, 0.25) is 0 Å². The van der Waals surface area contributed by atoms with Gasteiger partial charge in [-0.2, -0.15) is 0 Å². The topological polar surface area (TPSA) is 63.7 Å². The molecular weight excluding hydrogens is 273 g/mol. The Kier molecular flexibility index (Phi) is 2.78. The number of aromatic amines is 1. The molecule has 0 amide bonds. The number of rotatable bonds is 2. The lowest BCUT2D eigenvalue weighted by Crippen LogP contribution is -2.16. The van der Waals surface area contributed by atoms with Gasteiger partial charge in [0.05, 0.1) is 11.9 Å². The fourth-order valence-electron chi connectivity index (χ4n) is 1.78. The normalized spacial score (nSPS) is 11.8. The van der Waals surface area contributed by atoms with Gasteiger partial charge in [0, 0.05) is 11.6 Å². The molecule has 102 valence electrons. The van der Waals surface area contributed by atoms with Crippen molar-refractivity contribution in [3.63, 3.8) is 0 Å². The molecule has 0 spiro atoms. The largest absolute Gasteiger partial charge is 0.573 e. The number of hydrogen-bond acceptors (Lipinski definition) is 4. The monoisotopic (exact) mass is 280 g/mol. The smallest absolute Gasteiger partial charge is 0.406 e. The summed E-state index contributed by atoms with van der Waals surface area (Å²) in [7, 11) is 0. The van der Waals surface area contributed by atoms with Crippen molar-refractivity contribution < 1.29 is 17.9 Å². The molecule has 0 saturated carbocycles. The zero-order valence-electron chi connectivity index (χ0n) is 9.85. The molecule has 2 aromatic heterocycles. The van der Waals surface area contributed by atoms with Crippen molar-refractivity contribution in [2.45, 2.75) is 6.36 Å². The van der Waals surface area contributed by atoms with Gasteiger partial charge < -0.3 is 4.74 Å². The molecule has 0 saturated heterocycles. The number of nitrogens with zero attached hydrogens (tertiary/aromatic N) is 3. The number of pyridine rings is 1. The minimum atomic E-state index is -4.71. The van der Waals surface area contributed by atoms with E-state index >= 15 is 0 Å². The molecule has 0 atom stereocenters. The van der Waals surface area contributed by atoms with Gasteiger partial charge in [0.25, 0.3) is 0 Å². The number of aromatic nitrogens is 4. The number of benzene rings is 1. The first-order valence-electron chi connectivity index (χ1n) is 5.54. The van der Waals surface area contributed by atoms with E-state index in [0.717, 1.165) is 5.39 Å². The van der Waals surface area contributed by atoms with E-state index in [1.54, 1.807) is 12.3 Å². The Morgan fingerprint density at radius 1 is 1.05 bits per heavy atom. The van der Waals surface area contributed by atoms with Gasteiger partial charge in [-0.05, 0) is 23.6 Å². The number of ether oxygens (including phenoxy) is 1. The zero-order chi connectivity index (χ0) is 14.2. The third-order valence-electron chi connectivity index (χ3n) is 2.61. The predicted molar refractivity (Wildman–Crippen MR) is 63.8 cm³/mol. The van der Waals surface area contributed by atoms with Crippen LogP contribution in [-0.2, 0) is 0 Å². The molecule has 3 rings (SSSR count). The van der Waals surface area contributed by atoms with Crippen molar-refractivity contribution in [1.29, 1.82) is 0 Å². The van der Waals surface area contributed by atoms with Crippen LogP contribution in [0.4, 0.5) is 13.2 Å². The second-order valence-corrected chi connectivity index (χ2v) is 3.98. The maximum Gasteiger partial charge on any atom is 0.573 e. The van der Waals surface area contributed by atoms with E-state index in [1.165, 1.54) is 24.4 Å². The summed E-state index contributed by atoms with van der Waals surface area (Å²) in [6, 6.07) is 5.77. The summed E-state index contributed by atoms with van der Waals surface area (Å²) >= 11 is 0. The van der Waals surface area contributed by atoms with Crippen molar-refractivity contribution in [3.8, 4) is 17.1 Å². The number of halogens is 3. The van der Waals surface area contributed by atoms with Gasteiger partial charge in [-0.15, -0.1) is 18.3 Å². The summed E-state index contributed by atoms with van der Waals surface area (Å²) in [6.45, 7) is 0. The molecule has 0 aliphatic heterocycles. The van der Waals surface area contributed by atoms with Crippen LogP contribution in [0.5, 0.6) is 5.75 Å². The second-order valence-electron chi connectivity index (χ2n) is 3.98. The van der Waals surface area contributed by atoms with Gasteiger partial charge in [0.1, 0.15) is 11.4 Å². The molecule has 0 unspecified atom stereocenters. The lowest BCUT2D eigenvalue weighted by molar-refractivity contribution is -0.274. The maximum absolute atomic E-state index is 12.1. The third-order valence-corrected chi connectivity index (χ3v) is 2.61. The minimum absolute atomic E-state index is 0.277. The Hall–Kier alpha value is -2.64. The van der Waals surface area contributed by atoms with Crippen molar-refractivity contribution in [1.82, 2.24) is 20.4 Å². The molecule has 0 radical (unpaired) electrons. The number of H-pyrrole nitrogens is 1. The fourth-order valence-corrected chi connectivity index (χ4v) is 1.78. The van der Waals surface area contributed by atoms with E-state index < -0.39 is 6.36 Å². The van der Waals surface area contributed by atoms with Crippen molar-refractivity contribution in [3.05, 3.63) is 36.7 Å². The highest BCUT2D eigenvalue weighted by Gasteiger charge is 2.31. The van der Waals surface area contributed by atoms with Crippen LogP contribution in [0.3, 0.4) is 0 Å². The summed E-state index contributed by atoms with van der Waals surface area (Å²) in [5, 5.41) is 11.2. The molecule has 1 N–H and O–H groups in total. The van der Waals surface area contributed by atoms with Crippen LogP contribution >= 0.6 is 0 Å². The summed E-state index contributed by atoms with van der Waals surface area (Å²) < 4.78 is 40.3. The van der Waals surface area contributed by atoms with Gasteiger partial charge in [-0.1, -0.05) is 11.3 Å². The van der Waals surface area contributed by atoms with Crippen LogP contribution in [-0.4, -0.2) is 26.8 Å². The first-order chi connectivity index (χ1) is 9.51. The molecule has 0 aliphatic carbocycles. The van der Waals surface area contributed by atoms with E-state index in [0.29, 0.717) is 16.8 Å². The minimum Gasteiger partial charge on any atom is -0.406 e. The highest BCUT2D eigenvalue weighted by atomic mass is 19.4. The van der Waals surface area contributed by atoms with Gasteiger partial charge in [0.15, 0.2) is 0 Å². The summed E-state index contributed by atoms with van der Waals surface area (Å²) in [4.78, 5) is 4.13. The van der Waals surface area contributed by atoms with Crippen molar-refractivity contribution in [2.24, 2.45) is 0 Å². The van der Waals surface area contributed by atoms with Crippen LogP contribution in [0.25, 0.3) is 22.2 Å². The molecule has 0 fully saturated rings. The van der Waals surface area contributed by atoms with Crippen LogP contribution in [0, 0.1) is 0 Å². The van der Waals surface area contributed by atoms with E-state index in [9.17, 15) is 13.2 Å². The summed E-state index contributed by atoms with van der Waals surface area (Å²) in [5.74, 6) is -0.277. The fraction of sp³-hybridized carbons (Fsp3) is 0.0833. The molecule has 1 aromatic carbocycles. The van der Waals surface area contributed by atoms with Gasteiger partial charge in [-0.25, -0.2) is 0 Å². The Labute approximate surface area is 110 Å². The van der Waals surface area contributed by atoms with E-state index in [2.05, 4.69) is 25.1 Å². The predicted octanol–water partition coefficient (Wildman–Crippen LogP) is 2.92. The molecule has 20 heavy (non-hydrogen) atoms. The molecular formula is C12H7F3N4O. The van der Waals surface area contributed by atoms with Gasteiger partial charge in [-0.3, -0.25) is 10.1 Å². The summed E-state index contributed by atoms with van der Waals surface area (Å²) in [6.07, 6.45) is -1.67. The Bertz CT molecular complexity index is 740. The third kappa shape index (κ3) is 2.53. The molecule has 0 aliphatic rings. The van der Waals surface area contributed by atoms with E-state index in [-0.39, 0.29) is 5.75 Å². The maximum atomic E-state index is 12.1. The van der Waals surface area contributed by atoms with E-state index in [1.807, 2.05) is 0 Å².